The summed E-state index contributed by atoms with van der Waals surface area (Å²) < 4.78 is 7.89. The Labute approximate surface area is 180 Å². The number of hydrogen-bond donors (Lipinski definition) is 0. The molecule has 0 N–H and O–H groups in total. The van der Waals surface area contributed by atoms with Crippen LogP contribution in [0.25, 0.3) is 5.69 Å². The number of rotatable bonds is 4. The summed E-state index contributed by atoms with van der Waals surface area (Å²) in [6.07, 6.45) is 0.795. The Morgan fingerprint density at radius 2 is 1.86 bits per heavy atom. The Balaban J connectivity index is 2.00. The van der Waals surface area contributed by atoms with Crippen molar-refractivity contribution in [1.82, 2.24) is 14.8 Å². The molecule has 0 spiro atoms. The third-order valence-corrected chi connectivity index (χ3v) is 5.41. The summed E-state index contributed by atoms with van der Waals surface area (Å²) in [7, 11) is 0. The molecule has 0 amide bonds. The van der Waals surface area contributed by atoms with Gasteiger partial charge in [0.15, 0.2) is 5.82 Å². The third kappa shape index (κ3) is 3.53. The van der Waals surface area contributed by atoms with Crippen LogP contribution in [0.15, 0.2) is 41.4 Å². The normalized spacial score (nSPS) is 15.6. The number of aromatic nitrogens is 3. The van der Waals surface area contributed by atoms with Gasteiger partial charge < -0.3 is 4.74 Å². The Kier molecular flexibility index (Phi) is 5.36. The lowest BCUT2D eigenvalue weighted by molar-refractivity contribution is 0.242. The molecule has 5 nitrogen and oxygen atoms in total. The van der Waals surface area contributed by atoms with Crippen molar-refractivity contribution < 1.29 is 4.74 Å². The highest BCUT2D eigenvalue weighted by atomic mass is 35.5. The number of benzene rings is 2. The minimum absolute atomic E-state index is 0.0775. The minimum atomic E-state index is -0.216. The van der Waals surface area contributed by atoms with Gasteiger partial charge in [-0.2, -0.15) is 0 Å². The van der Waals surface area contributed by atoms with Crippen LogP contribution in [0.4, 0.5) is 0 Å². The number of hydrogen-bond acceptors (Lipinski definition) is 4. The van der Waals surface area contributed by atoms with Gasteiger partial charge in [0.25, 0.3) is 0 Å². The van der Waals surface area contributed by atoms with Gasteiger partial charge in [-0.1, -0.05) is 42.3 Å². The maximum atomic E-state index is 6.71. The summed E-state index contributed by atoms with van der Waals surface area (Å²) in [4.78, 5) is 4.99. The molecule has 0 radical (unpaired) electrons. The van der Waals surface area contributed by atoms with E-state index < -0.39 is 0 Å². The van der Waals surface area contributed by atoms with Gasteiger partial charge in [0.05, 0.1) is 27.5 Å². The molecule has 1 aromatic heterocycles. The van der Waals surface area contributed by atoms with E-state index in [0.717, 1.165) is 46.3 Å². The first kappa shape index (κ1) is 19.9. The first-order valence-electron chi connectivity index (χ1n) is 9.68. The second-order valence-electron chi connectivity index (χ2n) is 7.26. The van der Waals surface area contributed by atoms with Crippen molar-refractivity contribution >= 4 is 28.9 Å². The Morgan fingerprint density at radius 3 is 2.59 bits per heavy atom. The number of fused-ring (bicyclic) bond motifs is 3. The number of halogens is 2. The van der Waals surface area contributed by atoms with Crippen LogP contribution in [0.1, 0.15) is 56.5 Å². The molecule has 0 saturated heterocycles. The van der Waals surface area contributed by atoms with Crippen molar-refractivity contribution in [2.45, 2.75) is 46.3 Å². The molecule has 0 fully saturated rings. The van der Waals surface area contributed by atoms with Crippen LogP contribution >= 0.6 is 23.2 Å². The van der Waals surface area contributed by atoms with Crippen LogP contribution < -0.4 is 4.74 Å². The molecule has 0 saturated carbocycles. The monoisotopic (exact) mass is 428 g/mol. The lowest BCUT2D eigenvalue weighted by Gasteiger charge is -2.17. The molecule has 4 rings (SSSR count). The van der Waals surface area contributed by atoms with Crippen LogP contribution in [0.5, 0.6) is 5.75 Å². The molecular formula is C22H22Cl2N4O. The van der Waals surface area contributed by atoms with E-state index in [-0.39, 0.29) is 12.1 Å². The Bertz CT molecular complexity index is 1100. The molecule has 2 heterocycles. The van der Waals surface area contributed by atoms with Gasteiger partial charge in [-0.25, -0.2) is 0 Å². The van der Waals surface area contributed by atoms with Crippen molar-refractivity contribution in [2.75, 3.05) is 0 Å². The van der Waals surface area contributed by atoms with Crippen molar-refractivity contribution in [2.24, 2.45) is 4.99 Å². The fourth-order valence-corrected chi connectivity index (χ4v) is 4.07. The van der Waals surface area contributed by atoms with Crippen LogP contribution in [0.3, 0.4) is 0 Å². The topological polar surface area (TPSA) is 52.3 Å². The fraction of sp³-hybridized carbons (Fsp3) is 0.318. The summed E-state index contributed by atoms with van der Waals surface area (Å²) in [5.41, 5.74) is 3.23. The van der Waals surface area contributed by atoms with Gasteiger partial charge in [-0.15, -0.1) is 10.2 Å². The fourth-order valence-electron chi connectivity index (χ4n) is 3.58. The van der Waals surface area contributed by atoms with E-state index in [0.29, 0.717) is 10.0 Å². The lowest BCUT2D eigenvalue weighted by Crippen LogP contribution is -2.11. The van der Waals surface area contributed by atoms with Crippen molar-refractivity contribution in [3.05, 3.63) is 69.2 Å². The largest absolute Gasteiger partial charge is 0.491 e. The summed E-state index contributed by atoms with van der Waals surface area (Å²) in [6.45, 7) is 8.05. The van der Waals surface area contributed by atoms with Gasteiger partial charge in [-0.05, 0) is 45.0 Å². The predicted molar refractivity (Wildman–Crippen MR) is 117 cm³/mol. The molecule has 1 aliphatic heterocycles. The zero-order chi connectivity index (χ0) is 20.7. The number of nitrogens with zero attached hydrogens (tertiary/aromatic N) is 4. The van der Waals surface area contributed by atoms with E-state index in [4.69, 9.17) is 32.9 Å². The summed E-state index contributed by atoms with van der Waals surface area (Å²) >= 11 is 13.4. The van der Waals surface area contributed by atoms with Gasteiger partial charge in [0.2, 0.25) is 0 Å². The van der Waals surface area contributed by atoms with Gasteiger partial charge in [0, 0.05) is 17.5 Å². The van der Waals surface area contributed by atoms with E-state index in [2.05, 4.69) is 10.2 Å². The van der Waals surface area contributed by atoms with Crippen molar-refractivity contribution in [1.29, 1.82) is 0 Å². The molecule has 150 valence electrons. The van der Waals surface area contributed by atoms with Gasteiger partial charge >= 0.3 is 0 Å². The molecule has 1 atom stereocenters. The first-order chi connectivity index (χ1) is 13.9. The number of aryl methyl sites for hydroxylation is 1. The lowest BCUT2D eigenvalue weighted by atomic mass is 9.99. The molecule has 1 unspecified atom stereocenters. The van der Waals surface area contributed by atoms with E-state index in [9.17, 15) is 0 Å². The summed E-state index contributed by atoms with van der Waals surface area (Å²) in [5, 5.41) is 9.91. The summed E-state index contributed by atoms with van der Waals surface area (Å²) in [5.74, 6) is 2.35. The molecule has 3 aromatic rings. The zero-order valence-electron chi connectivity index (χ0n) is 16.8. The second kappa shape index (κ2) is 7.81. The van der Waals surface area contributed by atoms with Crippen LogP contribution in [-0.4, -0.2) is 26.6 Å². The molecule has 29 heavy (non-hydrogen) atoms. The van der Waals surface area contributed by atoms with E-state index in [1.54, 1.807) is 12.1 Å². The van der Waals surface area contributed by atoms with Crippen LogP contribution in [0.2, 0.25) is 10.0 Å². The molecular weight excluding hydrogens is 407 g/mol. The van der Waals surface area contributed by atoms with Crippen LogP contribution in [-0.2, 0) is 6.42 Å². The zero-order valence-corrected chi connectivity index (χ0v) is 18.3. The number of aliphatic imine (C=N–C) groups is 1. The Hall–Kier alpha value is -2.37. The summed E-state index contributed by atoms with van der Waals surface area (Å²) in [6, 6.07) is 11.3. The third-order valence-electron chi connectivity index (χ3n) is 4.79. The Morgan fingerprint density at radius 1 is 1.10 bits per heavy atom. The van der Waals surface area contributed by atoms with Crippen LogP contribution in [0, 0.1) is 0 Å². The number of ether oxygens (including phenoxy) is 1. The average molecular weight is 429 g/mol. The van der Waals surface area contributed by atoms with Crippen molar-refractivity contribution in [3.8, 4) is 11.4 Å². The molecule has 7 heteroatoms. The molecule has 0 aliphatic carbocycles. The highest BCUT2D eigenvalue weighted by Gasteiger charge is 2.29. The SMILES string of the molecule is CCc1nnc2n1-c1c(Cl)ccc(Cl)c1C(c1cccc(OC(C)C)c1)=NC2C. The average Bonchev–Trinajstić information content (AvgIpc) is 3.06. The quantitative estimate of drug-likeness (QED) is 0.524. The minimum Gasteiger partial charge on any atom is -0.491 e. The van der Waals surface area contributed by atoms with E-state index in [1.165, 1.54) is 0 Å². The standard InChI is InChI=1S/C22H22Cl2N4O/c1-5-18-26-27-22-13(4)25-20(14-7-6-8-15(11-14)29-12(2)3)19-16(23)9-10-17(24)21(19)28(18)22/h6-13H,5H2,1-4H3. The second-order valence-corrected chi connectivity index (χ2v) is 8.08. The predicted octanol–water partition coefficient (Wildman–Crippen LogP) is 5.84. The van der Waals surface area contributed by atoms with Gasteiger partial charge in [0.1, 0.15) is 17.6 Å². The molecule has 2 aromatic carbocycles. The smallest absolute Gasteiger partial charge is 0.162 e. The van der Waals surface area contributed by atoms with Crippen molar-refractivity contribution in [3.63, 3.8) is 0 Å². The highest BCUT2D eigenvalue weighted by Crippen LogP contribution is 2.38. The van der Waals surface area contributed by atoms with Gasteiger partial charge in [-0.3, -0.25) is 9.56 Å². The molecule has 0 bridgehead atoms. The maximum absolute atomic E-state index is 6.71. The van der Waals surface area contributed by atoms with E-state index >= 15 is 0 Å². The molecule has 1 aliphatic rings. The highest BCUT2D eigenvalue weighted by molar-refractivity contribution is 6.39. The first-order valence-corrected chi connectivity index (χ1v) is 10.4. The van der Waals surface area contributed by atoms with E-state index in [1.807, 2.05) is 56.5 Å². The maximum Gasteiger partial charge on any atom is 0.162 e.